The molecule has 0 aromatic rings. The summed E-state index contributed by atoms with van der Waals surface area (Å²) in [6.45, 7) is 3.65. The van der Waals surface area contributed by atoms with Crippen LogP contribution in [0.15, 0.2) is 12.7 Å². The smallest absolute Gasteiger partial charge is 0.306 e. The molecule has 0 bridgehead atoms. The predicted molar refractivity (Wildman–Crippen MR) is 57.1 cm³/mol. The van der Waals surface area contributed by atoms with Crippen molar-refractivity contribution in [3.8, 4) is 0 Å². The molecule has 1 N–H and O–H groups in total. The lowest BCUT2D eigenvalue weighted by Crippen LogP contribution is -2.21. The third-order valence-corrected chi connectivity index (χ3v) is 3.21. The highest BCUT2D eigenvalue weighted by Crippen LogP contribution is 2.34. The van der Waals surface area contributed by atoms with Gasteiger partial charge in [-0.3, -0.25) is 4.79 Å². The Balaban J connectivity index is 2.37. The van der Waals surface area contributed by atoms with Crippen molar-refractivity contribution in [3.05, 3.63) is 12.7 Å². The minimum atomic E-state index is -0.596. The summed E-state index contributed by atoms with van der Waals surface area (Å²) in [7, 11) is 0. The molecule has 0 spiro atoms. The SMILES string of the molecule is C=CCCCC(C(=O)O)C1CCCC1. The van der Waals surface area contributed by atoms with Crippen LogP contribution in [0.2, 0.25) is 0 Å². The summed E-state index contributed by atoms with van der Waals surface area (Å²) in [5.41, 5.74) is 0. The molecular formula is C12H20O2. The fourth-order valence-electron chi connectivity index (χ4n) is 2.40. The number of aliphatic carboxylic acids is 1. The van der Waals surface area contributed by atoms with Crippen molar-refractivity contribution in [1.29, 1.82) is 0 Å². The van der Waals surface area contributed by atoms with Crippen molar-refractivity contribution in [3.63, 3.8) is 0 Å². The molecule has 80 valence electrons. The molecule has 1 unspecified atom stereocenters. The first-order chi connectivity index (χ1) is 6.75. The van der Waals surface area contributed by atoms with E-state index < -0.39 is 5.97 Å². The minimum absolute atomic E-state index is 0.0996. The Morgan fingerprint density at radius 1 is 1.50 bits per heavy atom. The van der Waals surface area contributed by atoms with Crippen LogP contribution in [0.3, 0.4) is 0 Å². The molecule has 0 amide bonds. The number of unbranched alkanes of at least 4 members (excludes halogenated alkanes) is 1. The van der Waals surface area contributed by atoms with Crippen molar-refractivity contribution in [2.45, 2.75) is 44.9 Å². The van der Waals surface area contributed by atoms with Gasteiger partial charge in [-0.1, -0.05) is 18.9 Å². The predicted octanol–water partition coefficient (Wildman–Crippen LogP) is 3.23. The molecule has 0 aromatic carbocycles. The molecule has 0 aliphatic heterocycles. The lowest BCUT2D eigenvalue weighted by molar-refractivity contribution is -0.144. The van der Waals surface area contributed by atoms with Gasteiger partial charge in [-0.2, -0.15) is 0 Å². The van der Waals surface area contributed by atoms with E-state index >= 15 is 0 Å². The first-order valence-corrected chi connectivity index (χ1v) is 5.59. The molecular weight excluding hydrogens is 176 g/mol. The van der Waals surface area contributed by atoms with Gasteiger partial charge in [-0.05, 0) is 38.0 Å². The standard InChI is InChI=1S/C12H20O2/c1-2-3-4-9-11(12(13)14)10-7-5-6-8-10/h2,10-11H,1,3-9H2,(H,13,14). The summed E-state index contributed by atoms with van der Waals surface area (Å²) >= 11 is 0. The topological polar surface area (TPSA) is 37.3 Å². The maximum absolute atomic E-state index is 11.1. The molecule has 2 nitrogen and oxygen atoms in total. The Morgan fingerprint density at radius 2 is 2.14 bits per heavy atom. The Hall–Kier alpha value is -0.790. The average molecular weight is 196 g/mol. The van der Waals surface area contributed by atoms with Gasteiger partial charge < -0.3 is 5.11 Å². The van der Waals surface area contributed by atoms with Crippen LogP contribution < -0.4 is 0 Å². The number of carboxylic acids is 1. The maximum Gasteiger partial charge on any atom is 0.306 e. The van der Waals surface area contributed by atoms with Crippen molar-refractivity contribution < 1.29 is 9.90 Å². The summed E-state index contributed by atoms with van der Waals surface area (Å²) in [6, 6.07) is 0. The van der Waals surface area contributed by atoms with E-state index in [1.165, 1.54) is 12.8 Å². The Labute approximate surface area is 86.0 Å². The van der Waals surface area contributed by atoms with Crippen LogP contribution in [0.1, 0.15) is 44.9 Å². The molecule has 0 saturated heterocycles. The number of carboxylic acid groups (broad SMARTS) is 1. The van der Waals surface area contributed by atoms with Crippen molar-refractivity contribution >= 4 is 5.97 Å². The molecule has 0 heterocycles. The van der Waals surface area contributed by atoms with Crippen LogP contribution in [0, 0.1) is 11.8 Å². The molecule has 1 rings (SSSR count). The Morgan fingerprint density at radius 3 is 2.64 bits per heavy atom. The van der Waals surface area contributed by atoms with Gasteiger partial charge >= 0.3 is 5.97 Å². The Bertz CT molecular complexity index is 192. The van der Waals surface area contributed by atoms with Crippen molar-refractivity contribution in [2.75, 3.05) is 0 Å². The van der Waals surface area contributed by atoms with Gasteiger partial charge in [-0.15, -0.1) is 6.58 Å². The highest BCUT2D eigenvalue weighted by Gasteiger charge is 2.29. The zero-order valence-corrected chi connectivity index (χ0v) is 8.74. The minimum Gasteiger partial charge on any atom is -0.481 e. The van der Waals surface area contributed by atoms with Gasteiger partial charge in [0.1, 0.15) is 0 Å². The fourth-order valence-corrected chi connectivity index (χ4v) is 2.40. The maximum atomic E-state index is 11.1. The van der Waals surface area contributed by atoms with Crippen LogP contribution in [0.4, 0.5) is 0 Å². The van der Waals surface area contributed by atoms with Gasteiger partial charge in [0.15, 0.2) is 0 Å². The zero-order chi connectivity index (χ0) is 10.4. The lowest BCUT2D eigenvalue weighted by atomic mass is 9.87. The van der Waals surface area contributed by atoms with Gasteiger partial charge in [0.2, 0.25) is 0 Å². The van der Waals surface area contributed by atoms with E-state index in [0.29, 0.717) is 5.92 Å². The second-order valence-corrected chi connectivity index (χ2v) is 4.21. The van der Waals surface area contributed by atoms with Crippen LogP contribution >= 0.6 is 0 Å². The number of allylic oxidation sites excluding steroid dienone is 1. The van der Waals surface area contributed by atoms with E-state index in [-0.39, 0.29) is 5.92 Å². The third kappa shape index (κ3) is 3.17. The molecule has 1 aliphatic rings. The number of rotatable bonds is 6. The average Bonchev–Trinajstić information content (AvgIpc) is 2.64. The normalized spacial score (nSPS) is 19.4. The summed E-state index contributed by atoms with van der Waals surface area (Å²) in [5, 5.41) is 9.11. The van der Waals surface area contributed by atoms with E-state index in [4.69, 9.17) is 5.11 Å². The molecule has 1 atom stereocenters. The second-order valence-electron chi connectivity index (χ2n) is 4.21. The highest BCUT2D eigenvalue weighted by atomic mass is 16.4. The van der Waals surface area contributed by atoms with E-state index in [2.05, 4.69) is 6.58 Å². The van der Waals surface area contributed by atoms with Crippen LogP contribution in [0.25, 0.3) is 0 Å². The van der Waals surface area contributed by atoms with Gasteiger partial charge in [0, 0.05) is 0 Å². The summed E-state index contributed by atoms with van der Waals surface area (Å²) in [4.78, 5) is 11.1. The molecule has 1 aliphatic carbocycles. The van der Waals surface area contributed by atoms with Crippen molar-refractivity contribution in [1.82, 2.24) is 0 Å². The zero-order valence-electron chi connectivity index (χ0n) is 8.74. The number of carbonyl (C=O) groups is 1. The largest absolute Gasteiger partial charge is 0.481 e. The highest BCUT2D eigenvalue weighted by molar-refractivity contribution is 5.70. The number of hydrogen-bond acceptors (Lipinski definition) is 1. The quantitative estimate of drug-likeness (QED) is 0.523. The van der Waals surface area contributed by atoms with Gasteiger partial charge in [-0.25, -0.2) is 0 Å². The monoisotopic (exact) mass is 196 g/mol. The van der Waals surface area contributed by atoms with Gasteiger partial charge in [0.25, 0.3) is 0 Å². The number of hydrogen-bond donors (Lipinski definition) is 1. The molecule has 0 aromatic heterocycles. The first kappa shape index (κ1) is 11.3. The molecule has 14 heavy (non-hydrogen) atoms. The third-order valence-electron chi connectivity index (χ3n) is 3.21. The summed E-state index contributed by atoms with van der Waals surface area (Å²) in [5.74, 6) is -0.254. The molecule has 1 fully saturated rings. The molecule has 1 saturated carbocycles. The Kier molecular flexibility index (Phi) is 4.71. The fraction of sp³-hybridized carbons (Fsp3) is 0.750. The molecule has 2 heteroatoms. The summed E-state index contributed by atoms with van der Waals surface area (Å²) in [6.07, 6.45) is 9.27. The van der Waals surface area contributed by atoms with Crippen LogP contribution in [-0.2, 0) is 4.79 Å². The van der Waals surface area contributed by atoms with E-state index in [1.807, 2.05) is 6.08 Å². The van der Waals surface area contributed by atoms with E-state index in [1.54, 1.807) is 0 Å². The second kappa shape index (κ2) is 5.84. The first-order valence-electron chi connectivity index (χ1n) is 5.59. The lowest BCUT2D eigenvalue weighted by Gasteiger charge is -2.18. The summed E-state index contributed by atoms with van der Waals surface area (Å²) < 4.78 is 0. The van der Waals surface area contributed by atoms with E-state index in [0.717, 1.165) is 32.1 Å². The van der Waals surface area contributed by atoms with Crippen LogP contribution in [-0.4, -0.2) is 11.1 Å². The van der Waals surface area contributed by atoms with Crippen molar-refractivity contribution in [2.24, 2.45) is 11.8 Å². The molecule has 0 radical (unpaired) electrons. The van der Waals surface area contributed by atoms with E-state index in [9.17, 15) is 4.79 Å². The van der Waals surface area contributed by atoms with Crippen LogP contribution in [0.5, 0.6) is 0 Å². The van der Waals surface area contributed by atoms with Gasteiger partial charge in [0.05, 0.1) is 5.92 Å².